The summed E-state index contributed by atoms with van der Waals surface area (Å²) >= 11 is 5.61. The third-order valence-corrected chi connectivity index (χ3v) is 2.46. The highest BCUT2D eigenvalue weighted by atomic mass is 35.5. The number of rotatable bonds is 6. The zero-order chi connectivity index (χ0) is 10.2. The lowest BCUT2D eigenvalue weighted by molar-refractivity contribution is 0.544. The van der Waals surface area contributed by atoms with Crippen LogP contribution in [0.4, 0.5) is 0 Å². The van der Waals surface area contributed by atoms with Crippen LogP contribution in [0.2, 0.25) is 0 Å². The zero-order valence-electron chi connectivity index (χ0n) is 9.67. The third kappa shape index (κ3) is 4.64. The molecule has 0 fully saturated rings. The molecular weight excluding hydrogens is 194 g/mol. The molecule has 1 nitrogen and oxygen atoms in total. The van der Waals surface area contributed by atoms with Crippen molar-refractivity contribution in [2.24, 2.45) is 0 Å². The Bertz CT molecular complexity index is 241. The number of hydrogen-bond donors (Lipinski definition) is 1. The number of alkyl halides is 1. The second-order valence-electron chi connectivity index (χ2n) is 3.59. The Morgan fingerprint density at radius 1 is 1.36 bits per heavy atom. The van der Waals surface area contributed by atoms with Gasteiger partial charge in [-0.15, -0.1) is 11.6 Å². The van der Waals surface area contributed by atoms with Gasteiger partial charge in [0, 0.05) is 11.9 Å². The first kappa shape index (κ1) is 11.5. The molecule has 1 unspecified atom stereocenters. The molecule has 0 aromatic heterocycles. The molecule has 1 N–H and O–H groups in total. The van der Waals surface area contributed by atoms with Crippen molar-refractivity contribution in [3.05, 3.63) is 35.9 Å². The first-order chi connectivity index (χ1) is 6.83. The van der Waals surface area contributed by atoms with Crippen molar-refractivity contribution in [2.45, 2.75) is 25.8 Å². The number of nitrogens with one attached hydrogen (secondary N) is 1. The lowest BCUT2D eigenvalue weighted by atomic mass is 10.1. The molecule has 0 aliphatic carbocycles. The van der Waals surface area contributed by atoms with Crippen LogP contribution in [0.3, 0.4) is 0 Å². The van der Waals surface area contributed by atoms with Crippen LogP contribution in [0.1, 0.15) is 20.3 Å². The van der Waals surface area contributed by atoms with E-state index in [0.29, 0.717) is 6.04 Å². The van der Waals surface area contributed by atoms with E-state index in [1.807, 2.05) is 0 Å². The van der Waals surface area contributed by atoms with Gasteiger partial charge in [0.05, 0.1) is 0 Å². The second-order valence-corrected chi connectivity index (χ2v) is 3.97. The maximum absolute atomic E-state index is 5.61. The van der Waals surface area contributed by atoms with Crippen molar-refractivity contribution in [3.63, 3.8) is 0 Å². The van der Waals surface area contributed by atoms with Gasteiger partial charge in [-0.25, -0.2) is 0 Å². The van der Waals surface area contributed by atoms with Crippen molar-refractivity contribution in [1.82, 2.24) is 5.32 Å². The third-order valence-electron chi connectivity index (χ3n) is 2.19. The van der Waals surface area contributed by atoms with Gasteiger partial charge >= 0.3 is 1.43 Å². The Kier molecular flexibility index (Phi) is 5.65. The molecule has 1 atom stereocenters. The van der Waals surface area contributed by atoms with E-state index >= 15 is 0 Å². The predicted octanol–water partition coefficient (Wildman–Crippen LogP) is 2.95. The molecule has 2 heteroatoms. The summed E-state index contributed by atoms with van der Waals surface area (Å²) in [6, 6.07) is 11.1. The molecule has 1 aromatic carbocycles. The Balaban J connectivity index is 0.00000196. The van der Waals surface area contributed by atoms with Crippen molar-refractivity contribution in [1.29, 1.82) is 0 Å². The summed E-state index contributed by atoms with van der Waals surface area (Å²) in [7, 11) is 0. The molecular formula is C12H19ClN+. The molecule has 1 aromatic rings. The van der Waals surface area contributed by atoms with Crippen molar-refractivity contribution < 1.29 is 1.43 Å². The number of halogens is 1. The monoisotopic (exact) mass is 212 g/mol. The van der Waals surface area contributed by atoms with E-state index in [0.717, 1.165) is 25.3 Å². The van der Waals surface area contributed by atoms with Gasteiger partial charge < -0.3 is 5.32 Å². The molecule has 1 rings (SSSR count). The quantitative estimate of drug-likeness (QED) is 0.565. The SMILES string of the molecule is CC(Cc1ccccc1)NCCCCl.[H+]. The minimum absolute atomic E-state index is 0. The molecule has 0 spiro atoms. The fourth-order valence-corrected chi connectivity index (χ4v) is 1.59. The lowest BCUT2D eigenvalue weighted by Crippen LogP contribution is -2.29. The molecule has 0 aliphatic rings. The van der Waals surface area contributed by atoms with Gasteiger partial charge in [-0.1, -0.05) is 30.3 Å². The lowest BCUT2D eigenvalue weighted by Gasteiger charge is -2.13. The summed E-state index contributed by atoms with van der Waals surface area (Å²) in [4.78, 5) is 0. The Hall–Kier alpha value is -0.530. The molecule has 0 amide bonds. The van der Waals surface area contributed by atoms with Gasteiger partial charge in [0.2, 0.25) is 0 Å². The van der Waals surface area contributed by atoms with Crippen molar-refractivity contribution >= 4 is 11.6 Å². The van der Waals surface area contributed by atoms with Crippen LogP contribution >= 0.6 is 11.6 Å². The van der Waals surface area contributed by atoms with E-state index < -0.39 is 0 Å². The molecule has 0 saturated heterocycles. The minimum atomic E-state index is 0. The van der Waals surface area contributed by atoms with E-state index in [1.54, 1.807) is 0 Å². The van der Waals surface area contributed by atoms with E-state index in [2.05, 4.69) is 42.6 Å². The topological polar surface area (TPSA) is 12.0 Å². The van der Waals surface area contributed by atoms with Gasteiger partial charge in [-0.2, -0.15) is 0 Å². The van der Waals surface area contributed by atoms with E-state index in [9.17, 15) is 0 Å². The van der Waals surface area contributed by atoms with Crippen molar-refractivity contribution in [2.75, 3.05) is 12.4 Å². The Morgan fingerprint density at radius 2 is 2.07 bits per heavy atom. The minimum Gasteiger partial charge on any atom is -0.314 e. The summed E-state index contributed by atoms with van der Waals surface area (Å²) in [6.45, 7) is 3.22. The summed E-state index contributed by atoms with van der Waals surface area (Å²) in [5.74, 6) is 0.741. The normalized spacial score (nSPS) is 12.7. The van der Waals surface area contributed by atoms with Gasteiger partial charge in [0.25, 0.3) is 0 Å². The van der Waals surface area contributed by atoms with Crippen LogP contribution in [-0.2, 0) is 6.42 Å². The van der Waals surface area contributed by atoms with Gasteiger partial charge in [0.1, 0.15) is 0 Å². The fraction of sp³-hybridized carbons (Fsp3) is 0.500. The molecule has 14 heavy (non-hydrogen) atoms. The molecule has 0 heterocycles. The fourth-order valence-electron chi connectivity index (χ4n) is 1.46. The molecule has 0 radical (unpaired) electrons. The van der Waals surface area contributed by atoms with Crippen LogP contribution < -0.4 is 5.32 Å². The predicted molar refractivity (Wildman–Crippen MR) is 64.1 cm³/mol. The van der Waals surface area contributed by atoms with Gasteiger partial charge in [0.15, 0.2) is 0 Å². The highest BCUT2D eigenvalue weighted by Gasteiger charge is 2.01. The second kappa shape index (κ2) is 6.86. The average Bonchev–Trinajstić information content (AvgIpc) is 2.20. The van der Waals surface area contributed by atoms with Crippen molar-refractivity contribution in [3.8, 4) is 0 Å². The standard InChI is InChI=1S/C12H18ClN/c1-11(14-9-5-8-13)10-12-6-3-2-4-7-12/h2-4,6-7,11,14H,5,8-10H2,1H3/p+1. The highest BCUT2D eigenvalue weighted by Crippen LogP contribution is 2.02. The molecule has 0 saturated carbocycles. The zero-order valence-corrected chi connectivity index (χ0v) is 9.43. The summed E-state index contributed by atoms with van der Waals surface area (Å²) < 4.78 is 0. The Labute approximate surface area is 93.0 Å². The maximum atomic E-state index is 5.61. The number of hydrogen-bond acceptors (Lipinski definition) is 1. The Morgan fingerprint density at radius 3 is 2.71 bits per heavy atom. The maximum Gasteiger partial charge on any atom is 1.00 e. The largest absolute Gasteiger partial charge is 1.00 e. The van der Waals surface area contributed by atoms with E-state index in [1.165, 1.54) is 5.56 Å². The van der Waals surface area contributed by atoms with Crippen LogP contribution in [-0.4, -0.2) is 18.5 Å². The molecule has 0 bridgehead atoms. The van der Waals surface area contributed by atoms with E-state index in [4.69, 9.17) is 11.6 Å². The van der Waals surface area contributed by atoms with E-state index in [-0.39, 0.29) is 1.43 Å². The first-order valence-corrected chi connectivity index (χ1v) is 5.69. The van der Waals surface area contributed by atoms with Gasteiger partial charge in [-0.05, 0) is 31.9 Å². The molecule has 0 aliphatic heterocycles. The first-order valence-electron chi connectivity index (χ1n) is 5.16. The van der Waals surface area contributed by atoms with Crippen LogP contribution in [0, 0.1) is 0 Å². The van der Waals surface area contributed by atoms with Crippen LogP contribution in [0.15, 0.2) is 30.3 Å². The summed E-state index contributed by atoms with van der Waals surface area (Å²) in [5.41, 5.74) is 1.39. The summed E-state index contributed by atoms with van der Waals surface area (Å²) in [6.07, 6.45) is 2.13. The smallest absolute Gasteiger partial charge is 0.314 e. The van der Waals surface area contributed by atoms with Crippen LogP contribution in [0.25, 0.3) is 0 Å². The highest BCUT2D eigenvalue weighted by molar-refractivity contribution is 6.17. The number of benzene rings is 1. The van der Waals surface area contributed by atoms with Gasteiger partial charge in [-0.3, -0.25) is 0 Å². The molecule has 78 valence electrons. The summed E-state index contributed by atoms with van der Waals surface area (Å²) in [5, 5.41) is 3.45. The average molecular weight is 213 g/mol. The van der Waals surface area contributed by atoms with Crippen LogP contribution in [0.5, 0.6) is 0 Å².